The quantitative estimate of drug-likeness (QED) is 0.442. The van der Waals surface area contributed by atoms with Crippen LogP contribution in [0.1, 0.15) is 83.0 Å². The minimum Gasteiger partial charge on any atom is -0.349 e. The highest BCUT2D eigenvalue weighted by atomic mass is 16.7. The van der Waals surface area contributed by atoms with Crippen molar-refractivity contribution in [3.8, 4) is 0 Å². The minimum atomic E-state index is -0.244. The summed E-state index contributed by atoms with van der Waals surface area (Å²) in [5.41, 5.74) is 0.681. The fraction of sp³-hybridized carbons (Fsp3) is 0.682. The molecular weight excluding hydrogens is 312 g/mol. The van der Waals surface area contributed by atoms with Gasteiger partial charge in [0.15, 0.2) is 12.1 Å². The SMILES string of the molecule is CCCCCC[C@@H]1C[C@H](CC(=O)c2ccccc2)O[C@@H](C(C)(C)C)O1. The Hall–Kier alpha value is -1.19. The molecule has 1 heterocycles. The van der Waals surface area contributed by atoms with E-state index in [0.29, 0.717) is 6.42 Å². The third kappa shape index (κ3) is 6.56. The van der Waals surface area contributed by atoms with Crippen LogP contribution in [0.15, 0.2) is 30.3 Å². The lowest BCUT2D eigenvalue weighted by molar-refractivity contribution is -0.279. The summed E-state index contributed by atoms with van der Waals surface area (Å²) in [7, 11) is 0. The zero-order valence-electron chi connectivity index (χ0n) is 16.3. The Bertz CT molecular complexity index is 518. The number of carbonyl (C=O) groups excluding carboxylic acids is 1. The number of hydrogen-bond acceptors (Lipinski definition) is 3. The normalized spacial score (nSPS) is 24.2. The van der Waals surface area contributed by atoms with Crippen LogP contribution in [-0.4, -0.2) is 24.3 Å². The van der Waals surface area contributed by atoms with Crippen LogP contribution in [0.25, 0.3) is 0 Å². The van der Waals surface area contributed by atoms with Gasteiger partial charge < -0.3 is 9.47 Å². The molecule has 1 fully saturated rings. The summed E-state index contributed by atoms with van der Waals surface area (Å²) in [6, 6.07) is 9.51. The fourth-order valence-electron chi connectivity index (χ4n) is 3.26. The van der Waals surface area contributed by atoms with E-state index in [-0.39, 0.29) is 29.7 Å². The first kappa shape index (κ1) is 20.1. The average molecular weight is 347 g/mol. The topological polar surface area (TPSA) is 35.5 Å². The molecule has 0 N–H and O–H groups in total. The highest BCUT2D eigenvalue weighted by Crippen LogP contribution is 2.34. The van der Waals surface area contributed by atoms with E-state index in [0.717, 1.165) is 18.4 Å². The van der Waals surface area contributed by atoms with Gasteiger partial charge in [0.05, 0.1) is 12.2 Å². The van der Waals surface area contributed by atoms with E-state index in [1.807, 2.05) is 30.3 Å². The summed E-state index contributed by atoms with van der Waals surface area (Å²) in [5, 5.41) is 0. The van der Waals surface area contributed by atoms with Gasteiger partial charge in [-0.25, -0.2) is 0 Å². The first-order chi connectivity index (χ1) is 11.9. The number of Topliss-reactive ketones (excluding diaryl/α,β-unsaturated/α-hetero) is 1. The summed E-state index contributed by atoms with van der Waals surface area (Å²) in [6.07, 6.45) is 7.18. The van der Waals surface area contributed by atoms with Crippen LogP contribution in [0.4, 0.5) is 0 Å². The molecule has 1 aromatic rings. The number of ether oxygens (including phenoxy) is 2. The Labute approximate surface area is 153 Å². The lowest BCUT2D eigenvalue weighted by Crippen LogP contribution is -2.45. The molecule has 25 heavy (non-hydrogen) atoms. The van der Waals surface area contributed by atoms with Crippen molar-refractivity contribution < 1.29 is 14.3 Å². The van der Waals surface area contributed by atoms with Crippen molar-refractivity contribution in [1.82, 2.24) is 0 Å². The average Bonchev–Trinajstić information content (AvgIpc) is 2.58. The molecule has 0 aromatic heterocycles. The second kappa shape index (κ2) is 9.49. The summed E-state index contributed by atoms with van der Waals surface area (Å²) in [5.74, 6) is 0.157. The van der Waals surface area contributed by atoms with Gasteiger partial charge in [-0.05, 0) is 6.42 Å². The maximum absolute atomic E-state index is 12.6. The first-order valence-electron chi connectivity index (χ1n) is 9.79. The second-order valence-corrected chi connectivity index (χ2v) is 8.29. The van der Waals surface area contributed by atoms with Crippen molar-refractivity contribution in [2.75, 3.05) is 0 Å². The molecule has 3 nitrogen and oxygen atoms in total. The van der Waals surface area contributed by atoms with Crippen LogP contribution in [0.2, 0.25) is 0 Å². The maximum Gasteiger partial charge on any atom is 0.165 e. The summed E-state index contributed by atoms with van der Waals surface area (Å²) >= 11 is 0. The standard InChI is InChI=1S/C22H34O3/c1-5-6-7-11-14-18-15-19(25-21(24-18)22(2,3)4)16-20(23)17-12-9-8-10-13-17/h8-10,12-13,18-19,21H,5-7,11,14-16H2,1-4H3/t18-,19-,21+/m1/s1. The molecule has 1 aromatic carbocycles. The molecule has 2 rings (SSSR count). The van der Waals surface area contributed by atoms with Crippen LogP contribution in [0, 0.1) is 5.41 Å². The fourth-order valence-corrected chi connectivity index (χ4v) is 3.26. The third-order valence-corrected chi connectivity index (χ3v) is 4.75. The van der Waals surface area contributed by atoms with Crippen LogP contribution >= 0.6 is 0 Å². The van der Waals surface area contributed by atoms with Gasteiger partial charge in [0.25, 0.3) is 0 Å². The Morgan fingerprint density at radius 1 is 1.04 bits per heavy atom. The highest BCUT2D eigenvalue weighted by Gasteiger charge is 2.37. The molecule has 3 atom stereocenters. The van der Waals surface area contributed by atoms with Gasteiger partial charge in [0.2, 0.25) is 0 Å². The van der Waals surface area contributed by atoms with Gasteiger partial charge in [-0.15, -0.1) is 0 Å². The van der Waals surface area contributed by atoms with E-state index < -0.39 is 0 Å². The number of unbranched alkanes of at least 4 members (excludes halogenated alkanes) is 3. The van der Waals surface area contributed by atoms with Gasteiger partial charge in [-0.2, -0.15) is 0 Å². The van der Waals surface area contributed by atoms with E-state index in [2.05, 4.69) is 27.7 Å². The Balaban J connectivity index is 1.96. The second-order valence-electron chi connectivity index (χ2n) is 8.29. The third-order valence-electron chi connectivity index (χ3n) is 4.75. The molecule has 1 saturated heterocycles. The molecule has 0 amide bonds. The zero-order valence-corrected chi connectivity index (χ0v) is 16.3. The number of carbonyl (C=O) groups is 1. The highest BCUT2D eigenvalue weighted by molar-refractivity contribution is 5.96. The lowest BCUT2D eigenvalue weighted by Gasteiger charge is -2.41. The van der Waals surface area contributed by atoms with Crippen molar-refractivity contribution in [3.05, 3.63) is 35.9 Å². The van der Waals surface area contributed by atoms with Crippen molar-refractivity contribution in [1.29, 1.82) is 0 Å². The number of benzene rings is 1. The predicted molar refractivity (Wildman–Crippen MR) is 102 cm³/mol. The van der Waals surface area contributed by atoms with Crippen LogP contribution in [0.5, 0.6) is 0 Å². The molecule has 3 heteroatoms. The van der Waals surface area contributed by atoms with E-state index >= 15 is 0 Å². The summed E-state index contributed by atoms with van der Waals surface area (Å²) < 4.78 is 12.4. The van der Waals surface area contributed by atoms with Crippen LogP contribution < -0.4 is 0 Å². The molecule has 1 aliphatic heterocycles. The smallest absolute Gasteiger partial charge is 0.165 e. The van der Waals surface area contributed by atoms with Crippen LogP contribution in [0.3, 0.4) is 0 Å². The Morgan fingerprint density at radius 3 is 2.36 bits per heavy atom. The molecule has 0 bridgehead atoms. The largest absolute Gasteiger partial charge is 0.349 e. The summed E-state index contributed by atoms with van der Waals surface area (Å²) in [4.78, 5) is 12.6. The summed E-state index contributed by atoms with van der Waals surface area (Å²) in [6.45, 7) is 8.62. The Morgan fingerprint density at radius 2 is 1.72 bits per heavy atom. The van der Waals surface area contributed by atoms with Gasteiger partial charge in [0.1, 0.15) is 0 Å². The van der Waals surface area contributed by atoms with Gasteiger partial charge in [0, 0.05) is 23.8 Å². The van der Waals surface area contributed by atoms with Crippen molar-refractivity contribution in [3.63, 3.8) is 0 Å². The maximum atomic E-state index is 12.6. The van der Waals surface area contributed by atoms with Gasteiger partial charge in [-0.1, -0.05) is 83.7 Å². The molecule has 0 aliphatic carbocycles. The van der Waals surface area contributed by atoms with E-state index in [4.69, 9.17) is 9.47 Å². The number of ketones is 1. The first-order valence-corrected chi connectivity index (χ1v) is 9.79. The molecule has 0 radical (unpaired) electrons. The van der Waals surface area contributed by atoms with E-state index in [1.54, 1.807) is 0 Å². The van der Waals surface area contributed by atoms with Crippen molar-refractivity contribution in [2.24, 2.45) is 5.41 Å². The minimum absolute atomic E-state index is 0.0538. The zero-order chi connectivity index (χ0) is 18.3. The van der Waals surface area contributed by atoms with Crippen molar-refractivity contribution in [2.45, 2.75) is 91.1 Å². The molecule has 1 aliphatic rings. The molecule has 0 spiro atoms. The van der Waals surface area contributed by atoms with Crippen molar-refractivity contribution >= 4 is 5.78 Å². The monoisotopic (exact) mass is 346 g/mol. The Kier molecular flexibility index (Phi) is 7.64. The number of hydrogen-bond donors (Lipinski definition) is 0. The molecular formula is C22H34O3. The van der Waals surface area contributed by atoms with Crippen LogP contribution in [-0.2, 0) is 9.47 Å². The predicted octanol–water partition coefficient (Wildman–Crippen LogP) is 5.78. The molecule has 140 valence electrons. The number of rotatable bonds is 8. The van der Waals surface area contributed by atoms with Gasteiger partial charge >= 0.3 is 0 Å². The molecule has 0 saturated carbocycles. The van der Waals surface area contributed by atoms with E-state index in [9.17, 15) is 4.79 Å². The van der Waals surface area contributed by atoms with E-state index in [1.165, 1.54) is 25.7 Å². The lowest BCUT2D eigenvalue weighted by atomic mass is 9.92. The molecule has 0 unspecified atom stereocenters. The van der Waals surface area contributed by atoms with Gasteiger partial charge in [-0.3, -0.25) is 4.79 Å².